The van der Waals surface area contributed by atoms with Gasteiger partial charge in [0.15, 0.2) is 0 Å². The first-order chi connectivity index (χ1) is 9.46. The van der Waals surface area contributed by atoms with E-state index < -0.39 is 18.8 Å². The van der Waals surface area contributed by atoms with Gasteiger partial charge in [-0.3, -0.25) is 9.69 Å². The van der Waals surface area contributed by atoms with Gasteiger partial charge in [-0.25, -0.2) is 0 Å². The van der Waals surface area contributed by atoms with Gasteiger partial charge in [0.25, 0.3) is 0 Å². The summed E-state index contributed by atoms with van der Waals surface area (Å²) >= 11 is 0. The molecular weight excluding hydrogens is 273 g/mol. The lowest BCUT2D eigenvalue weighted by atomic mass is 10.0. The van der Waals surface area contributed by atoms with Crippen LogP contribution in [0.15, 0.2) is 0 Å². The average molecular weight is 294 g/mol. The maximum atomic E-state index is 12.4. The van der Waals surface area contributed by atoms with E-state index in [0.29, 0.717) is 32.5 Å². The van der Waals surface area contributed by atoms with E-state index in [0.717, 1.165) is 19.4 Å². The second kappa shape index (κ2) is 6.76. The van der Waals surface area contributed by atoms with Crippen LogP contribution in [0.2, 0.25) is 0 Å². The lowest BCUT2D eigenvalue weighted by Gasteiger charge is -2.26. The topological polar surface area (TPSA) is 41.6 Å². The Morgan fingerprint density at radius 2 is 2.10 bits per heavy atom. The molecule has 0 radical (unpaired) electrons. The van der Waals surface area contributed by atoms with Crippen LogP contribution in [0.25, 0.3) is 0 Å². The molecule has 2 saturated heterocycles. The van der Waals surface area contributed by atoms with Crippen molar-refractivity contribution >= 4 is 5.91 Å². The predicted molar refractivity (Wildman–Crippen MR) is 67.2 cm³/mol. The molecule has 2 aliphatic heterocycles. The van der Waals surface area contributed by atoms with Crippen molar-refractivity contribution in [3.63, 3.8) is 0 Å². The molecule has 0 aromatic rings. The molecule has 1 N–H and O–H groups in total. The first-order valence-corrected chi connectivity index (χ1v) is 7.12. The summed E-state index contributed by atoms with van der Waals surface area (Å²) in [7, 11) is 0. The van der Waals surface area contributed by atoms with Crippen molar-refractivity contribution in [2.45, 2.75) is 37.9 Å². The van der Waals surface area contributed by atoms with Crippen LogP contribution in [0.4, 0.5) is 13.2 Å². The molecule has 2 unspecified atom stereocenters. The Balaban J connectivity index is 1.78. The molecule has 7 heteroatoms. The Morgan fingerprint density at radius 3 is 2.75 bits per heavy atom. The number of alkyl halides is 3. The summed E-state index contributed by atoms with van der Waals surface area (Å²) in [5.74, 6) is 0.00231. The van der Waals surface area contributed by atoms with Crippen LogP contribution in [-0.4, -0.2) is 55.9 Å². The van der Waals surface area contributed by atoms with Crippen LogP contribution in [0, 0.1) is 5.92 Å². The van der Waals surface area contributed by atoms with Crippen molar-refractivity contribution < 1.29 is 22.7 Å². The second-order valence-corrected chi connectivity index (χ2v) is 5.57. The van der Waals surface area contributed by atoms with E-state index in [-0.39, 0.29) is 11.8 Å². The number of halogens is 3. The van der Waals surface area contributed by atoms with Gasteiger partial charge in [-0.1, -0.05) is 0 Å². The molecule has 2 aliphatic rings. The van der Waals surface area contributed by atoms with E-state index in [4.69, 9.17) is 4.74 Å². The Bertz CT molecular complexity index is 330. The van der Waals surface area contributed by atoms with Crippen LogP contribution in [0.1, 0.15) is 25.7 Å². The molecule has 0 bridgehead atoms. The zero-order valence-electron chi connectivity index (χ0n) is 11.4. The molecule has 4 nitrogen and oxygen atoms in total. The van der Waals surface area contributed by atoms with Gasteiger partial charge in [-0.05, 0) is 38.1 Å². The van der Waals surface area contributed by atoms with E-state index in [2.05, 4.69) is 5.32 Å². The molecule has 0 aromatic heterocycles. The first-order valence-electron chi connectivity index (χ1n) is 7.12. The number of rotatable bonds is 4. The fourth-order valence-corrected chi connectivity index (χ4v) is 2.87. The van der Waals surface area contributed by atoms with E-state index in [1.165, 1.54) is 4.90 Å². The number of amides is 1. The van der Waals surface area contributed by atoms with Crippen molar-refractivity contribution in [2.75, 3.05) is 32.8 Å². The molecule has 2 fully saturated rings. The lowest BCUT2D eigenvalue weighted by Crippen LogP contribution is -2.47. The number of ether oxygens (including phenoxy) is 1. The number of hydrogen-bond donors (Lipinski definition) is 1. The molecule has 2 heterocycles. The van der Waals surface area contributed by atoms with E-state index in [1.54, 1.807) is 0 Å². The van der Waals surface area contributed by atoms with Crippen LogP contribution in [0.3, 0.4) is 0 Å². The number of carbonyl (C=O) groups is 1. The minimum Gasteiger partial charge on any atom is -0.381 e. The predicted octanol–water partition coefficient (Wildman–Crippen LogP) is 1.56. The molecule has 0 aliphatic carbocycles. The van der Waals surface area contributed by atoms with Crippen molar-refractivity contribution in [1.82, 2.24) is 10.2 Å². The van der Waals surface area contributed by atoms with Gasteiger partial charge in [-0.2, -0.15) is 13.2 Å². The van der Waals surface area contributed by atoms with E-state index >= 15 is 0 Å². The molecular formula is C13H21F3N2O2. The number of likely N-dealkylation sites (tertiary alicyclic amines) is 1. The lowest BCUT2D eigenvalue weighted by molar-refractivity contribution is -0.151. The molecule has 20 heavy (non-hydrogen) atoms. The van der Waals surface area contributed by atoms with Crippen molar-refractivity contribution in [3.8, 4) is 0 Å². The Hall–Kier alpha value is -0.820. The molecule has 0 spiro atoms. The highest BCUT2D eigenvalue weighted by Crippen LogP contribution is 2.24. The van der Waals surface area contributed by atoms with Gasteiger partial charge in [0.05, 0.1) is 19.2 Å². The summed E-state index contributed by atoms with van der Waals surface area (Å²) in [4.78, 5) is 13.3. The summed E-state index contributed by atoms with van der Waals surface area (Å²) < 4.78 is 42.6. The van der Waals surface area contributed by atoms with E-state index in [1.807, 2.05) is 0 Å². The van der Waals surface area contributed by atoms with Crippen LogP contribution < -0.4 is 5.32 Å². The summed E-state index contributed by atoms with van der Waals surface area (Å²) in [5.41, 5.74) is 0. The maximum Gasteiger partial charge on any atom is 0.401 e. The highest BCUT2D eigenvalue weighted by molar-refractivity contribution is 5.82. The monoisotopic (exact) mass is 294 g/mol. The fourth-order valence-electron chi connectivity index (χ4n) is 2.87. The molecule has 2 rings (SSSR count). The number of nitrogens with zero attached hydrogens (tertiary/aromatic N) is 1. The van der Waals surface area contributed by atoms with E-state index in [9.17, 15) is 18.0 Å². The van der Waals surface area contributed by atoms with Gasteiger partial charge in [0, 0.05) is 13.2 Å². The Morgan fingerprint density at radius 1 is 1.30 bits per heavy atom. The largest absolute Gasteiger partial charge is 0.401 e. The molecule has 116 valence electrons. The third kappa shape index (κ3) is 4.63. The van der Waals surface area contributed by atoms with Crippen molar-refractivity contribution in [1.29, 1.82) is 0 Å². The number of nitrogens with one attached hydrogen (secondary N) is 1. The van der Waals surface area contributed by atoms with Gasteiger partial charge in [-0.15, -0.1) is 0 Å². The number of hydrogen-bond acceptors (Lipinski definition) is 3. The Kier molecular flexibility index (Phi) is 5.26. The average Bonchev–Trinajstić information content (AvgIpc) is 2.83. The molecule has 1 amide bonds. The third-order valence-electron chi connectivity index (χ3n) is 3.87. The highest BCUT2D eigenvalue weighted by atomic mass is 19.4. The second-order valence-electron chi connectivity index (χ2n) is 5.57. The summed E-state index contributed by atoms with van der Waals surface area (Å²) in [6.07, 6.45) is -1.13. The van der Waals surface area contributed by atoms with Gasteiger partial charge < -0.3 is 10.1 Å². The van der Waals surface area contributed by atoms with Crippen molar-refractivity contribution in [3.05, 3.63) is 0 Å². The summed E-state index contributed by atoms with van der Waals surface area (Å²) in [6.45, 7) is 1.21. The zero-order valence-corrected chi connectivity index (χ0v) is 11.4. The smallest absolute Gasteiger partial charge is 0.381 e. The van der Waals surface area contributed by atoms with Crippen LogP contribution in [0.5, 0.6) is 0 Å². The normalized spacial score (nSPS) is 28.6. The van der Waals surface area contributed by atoms with Gasteiger partial charge in [0.1, 0.15) is 0 Å². The summed E-state index contributed by atoms with van der Waals surface area (Å²) in [6, 6.07) is -0.638. The van der Waals surface area contributed by atoms with Gasteiger partial charge in [0.2, 0.25) is 5.91 Å². The molecule has 0 aromatic carbocycles. The Labute approximate surface area is 116 Å². The highest BCUT2D eigenvalue weighted by Gasteiger charge is 2.38. The minimum atomic E-state index is -4.25. The van der Waals surface area contributed by atoms with Gasteiger partial charge >= 0.3 is 6.18 Å². The SMILES string of the molecule is O=C(NCC1CCCOC1)C1CCCN1CC(F)(F)F. The third-order valence-corrected chi connectivity index (χ3v) is 3.87. The van der Waals surface area contributed by atoms with Crippen LogP contribution in [-0.2, 0) is 9.53 Å². The van der Waals surface area contributed by atoms with Crippen LogP contribution >= 0.6 is 0 Å². The fraction of sp³-hybridized carbons (Fsp3) is 0.923. The molecule has 0 saturated carbocycles. The maximum absolute atomic E-state index is 12.4. The zero-order chi connectivity index (χ0) is 14.6. The minimum absolute atomic E-state index is 0.280. The quantitative estimate of drug-likeness (QED) is 0.855. The summed E-state index contributed by atoms with van der Waals surface area (Å²) in [5, 5.41) is 2.78. The van der Waals surface area contributed by atoms with Crippen molar-refractivity contribution in [2.24, 2.45) is 5.92 Å². The standard InChI is InChI=1S/C13H21F3N2O2/c14-13(15,16)9-18-5-1-4-11(18)12(19)17-7-10-3-2-6-20-8-10/h10-11H,1-9H2,(H,17,19). The first kappa shape index (κ1) is 15.6. The molecule has 2 atom stereocenters. The number of carbonyl (C=O) groups excluding carboxylic acids is 1.